The number of nitrogens with zero attached hydrogens (tertiary/aromatic N) is 2. The van der Waals surface area contributed by atoms with Crippen LogP contribution < -0.4 is 5.32 Å². The second kappa shape index (κ2) is 6.17. The van der Waals surface area contributed by atoms with Crippen molar-refractivity contribution in [3.8, 4) is 0 Å². The second-order valence-corrected chi connectivity index (χ2v) is 5.02. The lowest BCUT2D eigenvalue weighted by atomic mass is 10.0. The van der Waals surface area contributed by atoms with Gasteiger partial charge in [-0.1, -0.05) is 17.7 Å². The van der Waals surface area contributed by atoms with Crippen LogP contribution in [-0.2, 0) is 19.9 Å². The first kappa shape index (κ1) is 14.0. The molecule has 0 radical (unpaired) electrons. The zero-order valence-electron chi connectivity index (χ0n) is 11.0. The van der Waals surface area contributed by atoms with Gasteiger partial charge in [0.25, 0.3) is 0 Å². The predicted molar refractivity (Wildman–Crippen MR) is 74.9 cm³/mol. The van der Waals surface area contributed by atoms with Gasteiger partial charge in [-0.25, -0.2) is 4.39 Å². The minimum atomic E-state index is -0.306. The van der Waals surface area contributed by atoms with E-state index in [-0.39, 0.29) is 11.9 Å². The lowest BCUT2D eigenvalue weighted by molar-refractivity contribution is 0.544. The number of nitrogens with one attached hydrogen (secondary N) is 1. The van der Waals surface area contributed by atoms with Crippen molar-refractivity contribution in [1.29, 1.82) is 0 Å². The topological polar surface area (TPSA) is 29.9 Å². The minimum absolute atomic E-state index is 0.220. The zero-order valence-corrected chi connectivity index (χ0v) is 11.8. The SMILES string of the molecule is CNC(Cc1ccn(C)n1)Cc1ccc(F)cc1Cl. The molecule has 1 N–H and O–H groups in total. The van der Waals surface area contributed by atoms with Crippen molar-refractivity contribution in [3.05, 3.63) is 52.6 Å². The van der Waals surface area contributed by atoms with E-state index in [1.54, 1.807) is 10.7 Å². The quantitative estimate of drug-likeness (QED) is 0.913. The summed E-state index contributed by atoms with van der Waals surface area (Å²) in [5.41, 5.74) is 1.97. The Bertz CT molecular complexity index is 553. The van der Waals surface area contributed by atoms with Crippen molar-refractivity contribution in [2.45, 2.75) is 18.9 Å². The Morgan fingerprint density at radius 3 is 2.74 bits per heavy atom. The molecular formula is C14H17ClFN3. The summed E-state index contributed by atoms with van der Waals surface area (Å²) in [6.07, 6.45) is 3.48. The van der Waals surface area contributed by atoms with E-state index in [1.165, 1.54) is 12.1 Å². The van der Waals surface area contributed by atoms with Crippen molar-refractivity contribution >= 4 is 11.6 Å². The molecule has 0 saturated carbocycles. The van der Waals surface area contributed by atoms with Crippen LogP contribution in [0.5, 0.6) is 0 Å². The molecule has 0 bridgehead atoms. The first-order valence-electron chi connectivity index (χ1n) is 6.18. The third kappa shape index (κ3) is 3.78. The third-order valence-electron chi connectivity index (χ3n) is 3.11. The fraction of sp³-hybridized carbons (Fsp3) is 0.357. The van der Waals surface area contributed by atoms with Crippen LogP contribution in [0.15, 0.2) is 30.5 Å². The number of benzene rings is 1. The number of aromatic nitrogens is 2. The van der Waals surface area contributed by atoms with Crippen LogP contribution in [0.4, 0.5) is 4.39 Å². The highest BCUT2D eigenvalue weighted by Gasteiger charge is 2.12. The van der Waals surface area contributed by atoms with Gasteiger partial charge < -0.3 is 5.32 Å². The number of hydrogen-bond donors (Lipinski definition) is 1. The summed E-state index contributed by atoms with van der Waals surface area (Å²) in [6, 6.07) is 6.74. The molecular weight excluding hydrogens is 265 g/mol. The Morgan fingerprint density at radius 1 is 1.37 bits per heavy atom. The lowest BCUT2D eigenvalue weighted by Gasteiger charge is -2.16. The van der Waals surface area contributed by atoms with Crippen LogP contribution in [0.2, 0.25) is 5.02 Å². The van der Waals surface area contributed by atoms with E-state index in [2.05, 4.69) is 10.4 Å². The van der Waals surface area contributed by atoms with Crippen molar-refractivity contribution in [3.63, 3.8) is 0 Å². The van der Waals surface area contributed by atoms with Gasteiger partial charge in [0.1, 0.15) is 5.82 Å². The average molecular weight is 282 g/mol. The number of rotatable bonds is 5. The zero-order chi connectivity index (χ0) is 13.8. The van der Waals surface area contributed by atoms with Gasteiger partial charge in [-0.2, -0.15) is 5.10 Å². The van der Waals surface area contributed by atoms with E-state index in [9.17, 15) is 4.39 Å². The van der Waals surface area contributed by atoms with Gasteiger partial charge in [-0.15, -0.1) is 0 Å². The molecule has 1 heterocycles. The van der Waals surface area contributed by atoms with Crippen LogP contribution in [0.25, 0.3) is 0 Å². The molecule has 5 heteroatoms. The van der Waals surface area contributed by atoms with E-state index in [1.807, 2.05) is 26.4 Å². The van der Waals surface area contributed by atoms with Gasteiger partial charge in [0.2, 0.25) is 0 Å². The fourth-order valence-electron chi connectivity index (χ4n) is 2.05. The first-order valence-corrected chi connectivity index (χ1v) is 6.56. The molecule has 0 aliphatic rings. The number of halogens is 2. The summed E-state index contributed by atoms with van der Waals surface area (Å²) in [5.74, 6) is -0.306. The van der Waals surface area contributed by atoms with Crippen molar-refractivity contribution < 1.29 is 4.39 Å². The van der Waals surface area contributed by atoms with Crippen LogP contribution in [0, 0.1) is 5.82 Å². The molecule has 1 aromatic heterocycles. The van der Waals surface area contributed by atoms with Crippen LogP contribution in [0.3, 0.4) is 0 Å². The van der Waals surface area contributed by atoms with E-state index in [4.69, 9.17) is 11.6 Å². The molecule has 0 fully saturated rings. The molecule has 102 valence electrons. The molecule has 0 amide bonds. The Kier molecular flexibility index (Phi) is 4.56. The van der Waals surface area contributed by atoms with Crippen LogP contribution in [-0.4, -0.2) is 22.9 Å². The number of hydrogen-bond acceptors (Lipinski definition) is 2. The second-order valence-electron chi connectivity index (χ2n) is 4.61. The summed E-state index contributed by atoms with van der Waals surface area (Å²) < 4.78 is 14.8. The summed E-state index contributed by atoms with van der Waals surface area (Å²) in [7, 11) is 3.81. The van der Waals surface area contributed by atoms with Crippen molar-refractivity contribution in [2.75, 3.05) is 7.05 Å². The Balaban J connectivity index is 2.06. The maximum Gasteiger partial charge on any atom is 0.124 e. The van der Waals surface area contributed by atoms with Gasteiger partial charge in [0, 0.05) is 30.7 Å². The van der Waals surface area contributed by atoms with Gasteiger partial charge in [-0.3, -0.25) is 4.68 Å². The van der Waals surface area contributed by atoms with Crippen LogP contribution >= 0.6 is 11.6 Å². The molecule has 1 aromatic carbocycles. The molecule has 1 unspecified atom stereocenters. The average Bonchev–Trinajstić information content (AvgIpc) is 2.77. The Labute approximate surface area is 117 Å². The van der Waals surface area contributed by atoms with Gasteiger partial charge in [0.05, 0.1) is 5.69 Å². The molecule has 3 nitrogen and oxygen atoms in total. The molecule has 2 rings (SSSR count). The normalized spacial score (nSPS) is 12.6. The molecule has 1 atom stereocenters. The van der Waals surface area contributed by atoms with E-state index in [0.29, 0.717) is 5.02 Å². The highest BCUT2D eigenvalue weighted by Crippen LogP contribution is 2.19. The van der Waals surface area contributed by atoms with Gasteiger partial charge in [-0.05, 0) is 37.2 Å². The smallest absolute Gasteiger partial charge is 0.124 e. The number of likely N-dealkylation sites (N-methyl/N-ethyl adjacent to an activating group) is 1. The maximum atomic E-state index is 13.0. The number of aryl methyl sites for hydroxylation is 1. The van der Waals surface area contributed by atoms with Gasteiger partial charge >= 0.3 is 0 Å². The highest BCUT2D eigenvalue weighted by atomic mass is 35.5. The largest absolute Gasteiger partial charge is 0.316 e. The Hall–Kier alpha value is -1.39. The van der Waals surface area contributed by atoms with Gasteiger partial charge in [0.15, 0.2) is 0 Å². The molecule has 0 spiro atoms. The Morgan fingerprint density at radius 2 is 2.16 bits per heavy atom. The first-order chi connectivity index (χ1) is 9.08. The fourth-order valence-corrected chi connectivity index (χ4v) is 2.30. The van der Waals surface area contributed by atoms with E-state index in [0.717, 1.165) is 24.1 Å². The van der Waals surface area contributed by atoms with Crippen molar-refractivity contribution in [1.82, 2.24) is 15.1 Å². The predicted octanol–water partition coefficient (Wildman–Crippen LogP) is 2.59. The van der Waals surface area contributed by atoms with E-state index >= 15 is 0 Å². The molecule has 0 saturated heterocycles. The highest BCUT2D eigenvalue weighted by molar-refractivity contribution is 6.31. The van der Waals surface area contributed by atoms with Crippen LogP contribution in [0.1, 0.15) is 11.3 Å². The summed E-state index contributed by atoms with van der Waals surface area (Å²) in [5, 5.41) is 8.08. The molecule has 19 heavy (non-hydrogen) atoms. The van der Waals surface area contributed by atoms with E-state index < -0.39 is 0 Å². The monoisotopic (exact) mass is 281 g/mol. The summed E-state index contributed by atoms with van der Waals surface area (Å²) in [4.78, 5) is 0. The molecule has 0 aliphatic carbocycles. The maximum absolute atomic E-state index is 13.0. The van der Waals surface area contributed by atoms with Crippen molar-refractivity contribution in [2.24, 2.45) is 7.05 Å². The third-order valence-corrected chi connectivity index (χ3v) is 3.47. The molecule has 0 aliphatic heterocycles. The molecule has 2 aromatic rings. The minimum Gasteiger partial charge on any atom is -0.316 e. The summed E-state index contributed by atoms with van der Waals surface area (Å²) in [6.45, 7) is 0. The standard InChI is InChI=1S/C14H17ClFN3/c1-17-13(9-12-5-6-19(2)18-12)7-10-3-4-11(16)8-14(10)15/h3-6,8,13,17H,7,9H2,1-2H3. The lowest BCUT2D eigenvalue weighted by Crippen LogP contribution is -2.30. The summed E-state index contributed by atoms with van der Waals surface area (Å²) >= 11 is 6.05.